The summed E-state index contributed by atoms with van der Waals surface area (Å²) in [6.07, 6.45) is 3.51. The number of hydrogen-bond donors (Lipinski definition) is 0. The van der Waals surface area contributed by atoms with Crippen molar-refractivity contribution in [3.05, 3.63) is 47.7 Å². The second-order valence-corrected chi connectivity index (χ2v) is 9.25. The molecule has 0 N–H and O–H groups in total. The average Bonchev–Trinajstić information content (AvgIpc) is 2.78. The molecular formula is C23H29F3O9S. The third kappa shape index (κ3) is 8.77. The largest absolute Gasteiger partial charge is 0.534 e. The molecule has 1 unspecified atom stereocenters. The lowest BCUT2D eigenvalue weighted by molar-refractivity contribution is -0.134. The van der Waals surface area contributed by atoms with Gasteiger partial charge < -0.3 is 23.1 Å². The van der Waals surface area contributed by atoms with Gasteiger partial charge in [-0.1, -0.05) is 32.6 Å². The number of halogens is 3. The Morgan fingerprint density at radius 3 is 2.42 bits per heavy atom. The van der Waals surface area contributed by atoms with Gasteiger partial charge in [-0.05, 0) is 37.8 Å². The van der Waals surface area contributed by atoms with E-state index in [0.29, 0.717) is 18.4 Å². The molecule has 0 amide bonds. The van der Waals surface area contributed by atoms with Crippen molar-refractivity contribution in [2.75, 3.05) is 20.3 Å². The highest BCUT2D eigenvalue weighted by molar-refractivity contribution is 7.87. The van der Waals surface area contributed by atoms with E-state index in [1.54, 1.807) is 19.1 Å². The van der Waals surface area contributed by atoms with Gasteiger partial charge in [-0.25, -0.2) is 4.79 Å². The third-order valence-electron chi connectivity index (χ3n) is 4.46. The van der Waals surface area contributed by atoms with Crippen molar-refractivity contribution in [1.29, 1.82) is 0 Å². The number of ether oxygens (including phenoxy) is 4. The van der Waals surface area contributed by atoms with E-state index in [4.69, 9.17) is 18.9 Å². The molecule has 13 heteroatoms. The van der Waals surface area contributed by atoms with Crippen molar-refractivity contribution in [3.8, 4) is 11.5 Å². The Bertz CT molecular complexity index is 1050. The maximum Gasteiger partial charge on any atom is 0.534 e. The van der Waals surface area contributed by atoms with Gasteiger partial charge in [0.05, 0.1) is 13.7 Å². The molecule has 0 aliphatic heterocycles. The fourth-order valence-corrected chi connectivity index (χ4v) is 3.41. The van der Waals surface area contributed by atoms with Crippen molar-refractivity contribution >= 4 is 22.6 Å². The molecule has 0 fully saturated rings. The Hall–Kier alpha value is -3.22. The quantitative estimate of drug-likeness (QED) is 0.0589. The fourth-order valence-electron chi connectivity index (χ4n) is 2.96. The number of esters is 1. The van der Waals surface area contributed by atoms with Crippen LogP contribution in [0.1, 0.15) is 55.6 Å². The Labute approximate surface area is 207 Å². The molecule has 1 rings (SSSR count). The van der Waals surface area contributed by atoms with Gasteiger partial charge in [0.25, 0.3) is 6.47 Å². The molecule has 0 aromatic heterocycles. The summed E-state index contributed by atoms with van der Waals surface area (Å²) in [6, 6.07) is 2.73. The van der Waals surface area contributed by atoms with Crippen LogP contribution < -0.4 is 9.47 Å². The molecule has 0 radical (unpaired) electrons. The summed E-state index contributed by atoms with van der Waals surface area (Å²) in [5, 5.41) is 0. The highest BCUT2D eigenvalue weighted by Gasteiger charge is 2.48. The molecule has 36 heavy (non-hydrogen) atoms. The van der Waals surface area contributed by atoms with Crippen LogP contribution in [0.3, 0.4) is 0 Å². The first kappa shape index (κ1) is 30.8. The van der Waals surface area contributed by atoms with Crippen LogP contribution in [0.2, 0.25) is 0 Å². The summed E-state index contributed by atoms with van der Waals surface area (Å²) in [7, 11) is -4.69. The van der Waals surface area contributed by atoms with E-state index < -0.39 is 40.1 Å². The van der Waals surface area contributed by atoms with Gasteiger partial charge in [0.2, 0.25) is 0 Å². The Morgan fingerprint density at radius 1 is 1.22 bits per heavy atom. The van der Waals surface area contributed by atoms with Crippen LogP contribution in [0.15, 0.2) is 36.6 Å². The molecule has 0 spiro atoms. The van der Waals surface area contributed by atoms with Crippen LogP contribution in [0.25, 0.3) is 0 Å². The third-order valence-corrected chi connectivity index (χ3v) is 5.49. The molecular weight excluding hydrogens is 509 g/mol. The van der Waals surface area contributed by atoms with E-state index in [-0.39, 0.29) is 36.1 Å². The lowest BCUT2D eigenvalue weighted by Crippen LogP contribution is -2.26. The zero-order valence-corrected chi connectivity index (χ0v) is 21.1. The van der Waals surface area contributed by atoms with Crippen LogP contribution in [-0.2, 0) is 28.6 Å². The lowest BCUT2D eigenvalue weighted by atomic mass is 9.96. The summed E-state index contributed by atoms with van der Waals surface area (Å²) in [5.74, 6) is -1.95. The van der Waals surface area contributed by atoms with Crippen molar-refractivity contribution in [2.45, 2.75) is 45.2 Å². The highest BCUT2D eigenvalue weighted by atomic mass is 32.2. The molecule has 1 aromatic carbocycles. The van der Waals surface area contributed by atoms with E-state index in [2.05, 4.69) is 10.8 Å². The minimum Gasteiger partial charge on any atom is -0.495 e. The number of carbonyl (C=O) groups excluding carboxylic acids is 2. The minimum atomic E-state index is -5.95. The van der Waals surface area contributed by atoms with E-state index in [0.717, 1.165) is 0 Å². The average molecular weight is 539 g/mol. The summed E-state index contributed by atoms with van der Waals surface area (Å²) >= 11 is 0. The SMILES string of the molecule is C=C(COc1ccc(C(CC(C)C)OC=O)c(OC)c1C(=O)OCC/C=C/C)OS(=O)(=O)C(F)(F)F. The van der Waals surface area contributed by atoms with E-state index in [1.807, 2.05) is 13.8 Å². The van der Waals surface area contributed by atoms with Gasteiger partial charge in [0, 0.05) is 5.56 Å². The fraction of sp³-hybridized carbons (Fsp3) is 0.478. The summed E-state index contributed by atoms with van der Waals surface area (Å²) < 4.78 is 85.2. The standard InChI is InChI=1S/C23H29F3O9S/c1-6-7-8-11-32-22(28)20-18(33-13-16(4)35-36(29,30)23(24,25)26)10-9-17(21(20)31-5)19(34-14-27)12-15(2)3/h6-7,9-10,14-15,19H,4,8,11-13H2,1-3,5H3/b7-6+. The molecule has 0 saturated heterocycles. The monoisotopic (exact) mass is 538 g/mol. The number of benzene rings is 1. The van der Waals surface area contributed by atoms with Gasteiger partial charge in [-0.2, -0.15) is 21.6 Å². The van der Waals surface area contributed by atoms with E-state index in [1.165, 1.54) is 19.2 Å². The first-order valence-electron chi connectivity index (χ1n) is 10.7. The van der Waals surface area contributed by atoms with Crippen LogP contribution in [-0.4, -0.2) is 46.7 Å². The zero-order chi connectivity index (χ0) is 27.5. The zero-order valence-electron chi connectivity index (χ0n) is 20.3. The molecule has 0 bridgehead atoms. The molecule has 1 atom stereocenters. The second-order valence-electron chi connectivity index (χ2n) is 7.72. The van der Waals surface area contributed by atoms with Crippen molar-refractivity contribution in [2.24, 2.45) is 5.92 Å². The van der Waals surface area contributed by atoms with Gasteiger partial charge in [0.1, 0.15) is 35.5 Å². The predicted octanol–water partition coefficient (Wildman–Crippen LogP) is 4.84. The first-order valence-corrected chi connectivity index (χ1v) is 12.1. The summed E-state index contributed by atoms with van der Waals surface area (Å²) in [6.45, 7) is 8.09. The predicted molar refractivity (Wildman–Crippen MR) is 123 cm³/mol. The Balaban J connectivity index is 3.39. The van der Waals surface area contributed by atoms with Gasteiger partial charge >= 0.3 is 21.6 Å². The topological polar surface area (TPSA) is 114 Å². The molecule has 202 valence electrons. The first-order chi connectivity index (χ1) is 16.8. The molecule has 0 heterocycles. The maximum absolute atomic E-state index is 13.0. The molecule has 9 nitrogen and oxygen atoms in total. The number of hydrogen-bond acceptors (Lipinski definition) is 9. The Kier molecular flexibility index (Phi) is 11.8. The molecule has 0 aliphatic carbocycles. The highest BCUT2D eigenvalue weighted by Crippen LogP contribution is 2.39. The number of allylic oxidation sites excluding steroid dienone is 1. The Morgan fingerprint density at radius 2 is 1.89 bits per heavy atom. The van der Waals surface area contributed by atoms with Crippen LogP contribution in [0, 0.1) is 5.92 Å². The number of carbonyl (C=O) groups is 2. The lowest BCUT2D eigenvalue weighted by Gasteiger charge is -2.23. The summed E-state index contributed by atoms with van der Waals surface area (Å²) in [4.78, 5) is 24.0. The molecule has 0 aliphatic rings. The number of rotatable bonds is 15. The van der Waals surface area contributed by atoms with Gasteiger partial charge in [-0.3, -0.25) is 4.79 Å². The van der Waals surface area contributed by atoms with E-state index in [9.17, 15) is 31.2 Å². The number of methoxy groups -OCH3 is 1. The van der Waals surface area contributed by atoms with Gasteiger partial charge in [0.15, 0.2) is 0 Å². The summed E-state index contributed by atoms with van der Waals surface area (Å²) in [5.41, 5.74) is -5.59. The normalized spacial score (nSPS) is 12.8. The van der Waals surface area contributed by atoms with Crippen LogP contribution in [0.5, 0.6) is 11.5 Å². The maximum atomic E-state index is 13.0. The van der Waals surface area contributed by atoms with Crippen molar-refractivity contribution < 1.29 is 54.3 Å². The minimum absolute atomic E-state index is 0.00407. The molecule has 1 aromatic rings. The van der Waals surface area contributed by atoms with Crippen molar-refractivity contribution in [1.82, 2.24) is 0 Å². The molecule has 0 saturated carbocycles. The van der Waals surface area contributed by atoms with E-state index >= 15 is 0 Å². The number of alkyl halides is 3. The van der Waals surface area contributed by atoms with Crippen LogP contribution >= 0.6 is 0 Å². The van der Waals surface area contributed by atoms with Gasteiger partial charge in [-0.15, -0.1) is 0 Å². The van der Waals surface area contributed by atoms with Crippen molar-refractivity contribution in [3.63, 3.8) is 0 Å². The van der Waals surface area contributed by atoms with Crippen LogP contribution in [0.4, 0.5) is 13.2 Å². The smallest absolute Gasteiger partial charge is 0.495 e. The second kappa shape index (κ2) is 13.8.